The monoisotopic (exact) mass is 520 g/mol. The number of aryl methyl sites for hydroxylation is 1. The maximum atomic E-state index is 14.2. The van der Waals surface area contributed by atoms with Gasteiger partial charge in [0.25, 0.3) is 5.91 Å². The molecule has 2 amide bonds. The van der Waals surface area contributed by atoms with Crippen molar-refractivity contribution >= 4 is 34.3 Å². The van der Waals surface area contributed by atoms with Crippen LogP contribution in [0.1, 0.15) is 63.9 Å². The van der Waals surface area contributed by atoms with Gasteiger partial charge in [-0.2, -0.15) is 0 Å². The summed E-state index contributed by atoms with van der Waals surface area (Å²) in [6, 6.07) is 5.74. The number of carbonyl (C=O) groups excluding carboxylic acids is 2. The number of methoxy groups -OCH3 is 1. The van der Waals surface area contributed by atoms with Crippen molar-refractivity contribution in [1.82, 2.24) is 14.8 Å². The molecule has 0 radical (unpaired) electrons. The Morgan fingerprint density at radius 1 is 1.31 bits per heavy atom. The molecule has 9 heteroatoms. The number of amides is 2. The summed E-state index contributed by atoms with van der Waals surface area (Å²) in [4.78, 5) is 28.0. The molecule has 1 aromatic carbocycles. The first-order valence-electron chi connectivity index (χ1n) is 12.9. The zero-order valence-electron chi connectivity index (χ0n) is 22.2. The number of rotatable bonds is 12. The van der Waals surface area contributed by atoms with E-state index in [0.717, 1.165) is 49.7 Å². The van der Waals surface area contributed by atoms with Crippen molar-refractivity contribution in [3.05, 3.63) is 28.9 Å². The van der Waals surface area contributed by atoms with Gasteiger partial charge in [0, 0.05) is 44.3 Å². The molecule has 1 fully saturated rings. The van der Waals surface area contributed by atoms with E-state index in [9.17, 15) is 9.59 Å². The number of primary amides is 1. The molecule has 3 N–H and O–H groups in total. The number of hydrogen-bond donors (Lipinski definition) is 2. The summed E-state index contributed by atoms with van der Waals surface area (Å²) in [5.41, 5.74) is 5.95. The Labute approximate surface area is 219 Å². The van der Waals surface area contributed by atoms with Crippen LogP contribution >= 0.6 is 11.6 Å². The number of fused-ring (bicyclic) bond motifs is 1. The number of benzene rings is 1. The van der Waals surface area contributed by atoms with Crippen molar-refractivity contribution in [1.29, 1.82) is 0 Å². The zero-order chi connectivity index (χ0) is 26.5. The minimum atomic E-state index is -0.844. The number of aromatic nitrogens is 1. The fourth-order valence-electron chi connectivity index (χ4n) is 4.75. The van der Waals surface area contributed by atoms with Gasteiger partial charge in [-0.05, 0) is 66.0 Å². The van der Waals surface area contributed by atoms with E-state index in [1.807, 2.05) is 41.5 Å². The molecule has 2 aromatic rings. The largest absolute Gasteiger partial charge is 0.490 e. The highest BCUT2D eigenvalue weighted by molar-refractivity contribution is 6.39. The lowest BCUT2D eigenvalue weighted by atomic mass is 9.94. The lowest BCUT2D eigenvalue weighted by molar-refractivity contribution is -0.127. The quantitative estimate of drug-likeness (QED) is 0.408. The Bertz CT molecular complexity index is 1060. The number of nitrogens with zero attached hydrogens (tertiary/aromatic N) is 2. The number of piperidine rings is 1. The number of halogens is 1. The van der Waals surface area contributed by atoms with Crippen molar-refractivity contribution in [3.63, 3.8) is 0 Å². The number of nitrogens with two attached hydrogens (primary N) is 1. The lowest BCUT2D eigenvalue weighted by Gasteiger charge is -2.38. The van der Waals surface area contributed by atoms with Crippen LogP contribution in [-0.2, 0) is 16.1 Å². The second kappa shape index (κ2) is 12.3. The van der Waals surface area contributed by atoms with Gasteiger partial charge in [-0.15, -0.1) is 0 Å². The molecule has 1 aliphatic heterocycles. The van der Waals surface area contributed by atoms with E-state index in [0.29, 0.717) is 29.6 Å². The molecule has 1 atom stereocenters. The molecule has 2 heterocycles. The zero-order valence-corrected chi connectivity index (χ0v) is 23.0. The SMILES string of the molecule is COCCCCn1c(C(=O)N(C(C)C)[C@@H]2CCCNC2)c(Cl)c2cccc(OCC(C)(C)C(N)=O)c21. The van der Waals surface area contributed by atoms with Crippen LogP contribution in [0, 0.1) is 5.41 Å². The van der Waals surface area contributed by atoms with Crippen LogP contribution in [0.2, 0.25) is 5.02 Å². The second-order valence-corrected chi connectivity index (χ2v) is 10.9. The van der Waals surface area contributed by atoms with E-state index in [-0.39, 0.29) is 24.6 Å². The Kier molecular flexibility index (Phi) is 9.66. The fraction of sp³-hybridized carbons (Fsp3) is 0.630. The Morgan fingerprint density at radius 3 is 2.67 bits per heavy atom. The van der Waals surface area contributed by atoms with E-state index >= 15 is 0 Å². The summed E-state index contributed by atoms with van der Waals surface area (Å²) in [5.74, 6) is 0.0622. The van der Waals surface area contributed by atoms with Crippen molar-refractivity contribution in [3.8, 4) is 5.75 Å². The van der Waals surface area contributed by atoms with Crippen LogP contribution in [0.4, 0.5) is 0 Å². The van der Waals surface area contributed by atoms with E-state index in [1.165, 1.54) is 0 Å². The molecule has 1 saturated heterocycles. The highest BCUT2D eigenvalue weighted by Gasteiger charge is 2.34. The molecule has 1 aromatic heterocycles. The van der Waals surface area contributed by atoms with Gasteiger partial charge in [-0.25, -0.2) is 0 Å². The highest BCUT2D eigenvalue weighted by Crippen LogP contribution is 2.38. The summed E-state index contributed by atoms with van der Waals surface area (Å²) in [5, 5.41) is 4.61. The van der Waals surface area contributed by atoms with E-state index in [1.54, 1.807) is 21.0 Å². The highest BCUT2D eigenvalue weighted by atomic mass is 35.5. The van der Waals surface area contributed by atoms with Gasteiger partial charge >= 0.3 is 0 Å². The van der Waals surface area contributed by atoms with Crippen LogP contribution in [0.3, 0.4) is 0 Å². The van der Waals surface area contributed by atoms with Gasteiger partial charge < -0.3 is 30.0 Å². The first-order valence-corrected chi connectivity index (χ1v) is 13.2. The van der Waals surface area contributed by atoms with Gasteiger partial charge in [0.1, 0.15) is 18.1 Å². The number of para-hydroxylation sites is 1. The normalized spacial score (nSPS) is 16.5. The standard InChI is InChI=1S/C27H41ClN4O4/c1-18(2)32(19-10-9-13-30-16-19)25(33)24-22(28)20-11-8-12-21(36-17-27(3,4)26(29)34)23(20)31(24)14-6-7-15-35-5/h8,11-12,18-19,30H,6-7,9-10,13-17H2,1-5H3,(H2,29,34)/t19-/m1/s1. The van der Waals surface area contributed by atoms with Crippen LogP contribution in [-0.4, -0.2) is 66.8 Å². The van der Waals surface area contributed by atoms with Gasteiger partial charge in [0.05, 0.1) is 16.0 Å². The Balaban J connectivity index is 2.09. The summed E-state index contributed by atoms with van der Waals surface area (Å²) in [6.07, 6.45) is 3.64. The van der Waals surface area contributed by atoms with Crippen molar-refractivity contribution < 1.29 is 19.1 Å². The average Bonchev–Trinajstić information content (AvgIpc) is 3.13. The van der Waals surface area contributed by atoms with Crippen molar-refractivity contribution in [2.24, 2.45) is 11.1 Å². The Hall–Kier alpha value is -2.29. The molecule has 0 spiro atoms. The first kappa shape index (κ1) is 28.3. The van der Waals surface area contributed by atoms with E-state index < -0.39 is 11.3 Å². The lowest BCUT2D eigenvalue weighted by Crippen LogP contribution is -2.52. The van der Waals surface area contributed by atoms with Crippen LogP contribution in [0.25, 0.3) is 10.9 Å². The smallest absolute Gasteiger partial charge is 0.272 e. The summed E-state index contributed by atoms with van der Waals surface area (Å²) in [7, 11) is 1.68. The third-order valence-corrected chi connectivity index (χ3v) is 7.26. The predicted molar refractivity (Wildman–Crippen MR) is 144 cm³/mol. The molecule has 1 aliphatic rings. The topological polar surface area (TPSA) is 98.8 Å². The van der Waals surface area contributed by atoms with Crippen LogP contribution in [0.15, 0.2) is 18.2 Å². The Morgan fingerprint density at radius 2 is 2.06 bits per heavy atom. The minimum Gasteiger partial charge on any atom is -0.490 e. The summed E-state index contributed by atoms with van der Waals surface area (Å²) in [6.45, 7) is 10.7. The molecule has 200 valence electrons. The van der Waals surface area contributed by atoms with Gasteiger partial charge in [0.2, 0.25) is 5.91 Å². The van der Waals surface area contributed by atoms with Crippen LogP contribution in [0.5, 0.6) is 5.75 Å². The van der Waals surface area contributed by atoms with Gasteiger partial charge in [-0.3, -0.25) is 9.59 Å². The third-order valence-electron chi connectivity index (χ3n) is 6.88. The number of unbranched alkanes of at least 4 members (excludes halogenated alkanes) is 1. The van der Waals surface area contributed by atoms with Gasteiger partial charge in [-0.1, -0.05) is 23.7 Å². The predicted octanol–water partition coefficient (Wildman–Crippen LogP) is 4.21. The van der Waals surface area contributed by atoms with E-state index in [2.05, 4.69) is 5.32 Å². The average molecular weight is 521 g/mol. The maximum Gasteiger partial charge on any atom is 0.272 e. The molecule has 3 rings (SSSR count). The van der Waals surface area contributed by atoms with Crippen molar-refractivity contribution in [2.45, 2.75) is 72.0 Å². The molecular formula is C27H41ClN4O4. The summed E-state index contributed by atoms with van der Waals surface area (Å²) < 4.78 is 13.4. The maximum absolute atomic E-state index is 14.2. The third kappa shape index (κ3) is 6.15. The summed E-state index contributed by atoms with van der Waals surface area (Å²) >= 11 is 6.96. The molecule has 0 aliphatic carbocycles. The van der Waals surface area contributed by atoms with E-state index in [4.69, 9.17) is 26.8 Å². The van der Waals surface area contributed by atoms with Crippen LogP contribution < -0.4 is 15.8 Å². The first-order chi connectivity index (χ1) is 17.1. The fourth-order valence-corrected chi connectivity index (χ4v) is 5.08. The second-order valence-electron chi connectivity index (χ2n) is 10.5. The molecular weight excluding hydrogens is 480 g/mol. The van der Waals surface area contributed by atoms with Gasteiger partial charge in [0.15, 0.2) is 0 Å². The number of carbonyl (C=O) groups is 2. The number of hydrogen-bond acceptors (Lipinski definition) is 5. The van der Waals surface area contributed by atoms with Crippen molar-refractivity contribution in [2.75, 3.05) is 33.4 Å². The molecule has 0 bridgehead atoms. The molecule has 0 saturated carbocycles. The number of ether oxygens (including phenoxy) is 2. The minimum absolute atomic E-state index is 0.0190. The molecule has 0 unspecified atom stereocenters. The molecule has 8 nitrogen and oxygen atoms in total. The molecule has 36 heavy (non-hydrogen) atoms. The number of nitrogens with one attached hydrogen (secondary N) is 1.